The molecule has 0 radical (unpaired) electrons. The number of rotatable bonds is 10. The molecule has 0 aliphatic carbocycles. The first-order valence-electron chi connectivity index (χ1n) is 11.6. The van der Waals surface area contributed by atoms with Gasteiger partial charge in [0.1, 0.15) is 10.9 Å². The van der Waals surface area contributed by atoms with E-state index in [0.29, 0.717) is 22.2 Å². The number of carbonyl (C=O) groups excluding carboxylic acids is 3. The highest BCUT2D eigenvalue weighted by atomic mass is 35.5. The van der Waals surface area contributed by atoms with Gasteiger partial charge in [-0.25, -0.2) is 12.7 Å². The van der Waals surface area contributed by atoms with E-state index in [9.17, 15) is 22.8 Å². The van der Waals surface area contributed by atoms with Crippen LogP contribution in [0.1, 0.15) is 49.5 Å². The van der Waals surface area contributed by atoms with Crippen LogP contribution in [0, 0.1) is 5.92 Å². The maximum Gasteiger partial charge on any atom is 0.269 e. The van der Waals surface area contributed by atoms with Crippen LogP contribution in [0.25, 0.3) is 0 Å². The molecule has 0 spiro atoms. The van der Waals surface area contributed by atoms with Crippen LogP contribution in [-0.4, -0.2) is 54.5 Å². The second-order valence-electron chi connectivity index (χ2n) is 9.02. The van der Waals surface area contributed by atoms with E-state index in [4.69, 9.17) is 23.2 Å². The fourth-order valence-electron chi connectivity index (χ4n) is 3.86. The summed E-state index contributed by atoms with van der Waals surface area (Å²) >= 11 is 12.6. The van der Waals surface area contributed by atoms with Crippen molar-refractivity contribution in [1.82, 2.24) is 14.5 Å². The summed E-state index contributed by atoms with van der Waals surface area (Å²) in [6.07, 6.45) is 0.00436. The van der Waals surface area contributed by atoms with Crippen LogP contribution in [0.15, 0.2) is 47.4 Å². The molecule has 2 aromatic carbocycles. The first-order chi connectivity index (χ1) is 16.9. The topological polar surface area (TPSA) is 104 Å². The van der Waals surface area contributed by atoms with E-state index >= 15 is 0 Å². The molecule has 0 saturated heterocycles. The molecule has 0 fully saturated rings. The molecular weight excluding hydrogens is 525 g/mol. The second kappa shape index (κ2) is 11.6. The standard InChI is InChI=1S/C25H29Cl2N3O5S/c1-16(2)14-28-24(32)17(3)29(15-19-20(26)9-6-10-21(19)27)23(31)12-7-13-30-25(33)18-8-4-5-11-22(18)36(30,34)35/h4-6,8-11,16-17H,7,12-15H2,1-3H3,(H,28,32)/t17-/m0/s1. The molecule has 0 bridgehead atoms. The summed E-state index contributed by atoms with van der Waals surface area (Å²) in [5, 5.41) is 3.55. The Morgan fingerprint density at radius 1 is 1.03 bits per heavy atom. The number of carbonyl (C=O) groups is 3. The first-order valence-corrected chi connectivity index (χ1v) is 13.8. The van der Waals surface area contributed by atoms with Crippen molar-refractivity contribution in [3.05, 3.63) is 63.6 Å². The van der Waals surface area contributed by atoms with Crippen LogP contribution >= 0.6 is 23.2 Å². The van der Waals surface area contributed by atoms with E-state index in [-0.39, 0.29) is 54.1 Å². The van der Waals surface area contributed by atoms with Crippen molar-refractivity contribution >= 4 is 50.9 Å². The number of sulfonamides is 1. The lowest BCUT2D eigenvalue weighted by atomic mass is 10.1. The van der Waals surface area contributed by atoms with Gasteiger partial charge >= 0.3 is 0 Å². The van der Waals surface area contributed by atoms with E-state index in [1.807, 2.05) is 13.8 Å². The second-order valence-corrected chi connectivity index (χ2v) is 11.7. The number of nitrogens with zero attached hydrogens (tertiary/aromatic N) is 2. The Balaban J connectivity index is 1.74. The number of fused-ring (bicyclic) bond motifs is 1. The lowest BCUT2D eigenvalue weighted by molar-refractivity contribution is -0.140. The summed E-state index contributed by atoms with van der Waals surface area (Å²) in [7, 11) is -3.96. The normalized spacial score (nSPS) is 15.1. The molecule has 1 aliphatic rings. The largest absolute Gasteiger partial charge is 0.354 e. The molecule has 0 unspecified atom stereocenters. The number of hydrogen-bond acceptors (Lipinski definition) is 5. The van der Waals surface area contributed by atoms with Gasteiger partial charge in [-0.1, -0.05) is 55.2 Å². The van der Waals surface area contributed by atoms with Crippen molar-refractivity contribution in [3.63, 3.8) is 0 Å². The third kappa shape index (κ3) is 6.02. The van der Waals surface area contributed by atoms with Crippen LogP contribution in [0.5, 0.6) is 0 Å². The highest BCUT2D eigenvalue weighted by molar-refractivity contribution is 7.90. The maximum atomic E-state index is 13.3. The molecule has 3 rings (SSSR count). The molecule has 1 N–H and O–H groups in total. The summed E-state index contributed by atoms with van der Waals surface area (Å²) in [6.45, 7) is 5.83. The zero-order chi connectivity index (χ0) is 26.6. The SMILES string of the molecule is CC(C)CNC(=O)[C@H](C)N(Cc1c(Cl)cccc1Cl)C(=O)CCCN1C(=O)c2ccccc2S1(=O)=O. The summed E-state index contributed by atoms with van der Waals surface area (Å²) in [6, 6.07) is 10.2. The van der Waals surface area contributed by atoms with E-state index in [2.05, 4.69) is 5.32 Å². The smallest absolute Gasteiger partial charge is 0.269 e. The Morgan fingerprint density at radius 2 is 1.67 bits per heavy atom. The van der Waals surface area contributed by atoms with Crippen LogP contribution in [0.3, 0.4) is 0 Å². The minimum atomic E-state index is -3.96. The molecule has 0 saturated carbocycles. The van der Waals surface area contributed by atoms with Crippen LogP contribution in [0.4, 0.5) is 0 Å². The van der Waals surface area contributed by atoms with Gasteiger partial charge in [0.05, 0.1) is 5.56 Å². The molecule has 1 aliphatic heterocycles. The lowest BCUT2D eigenvalue weighted by Crippen LogP contribution is -2.48. The number of nitrogens with one attached hydrogen (secondary N) is 1. The average Bonchev–Trinajstić information content (AvgIpc) is 3.02. The van der Waals surface area contributed by atoms with Gasteiger partial charge in [0, 0.05) is 41.7 Å². The zero-order valence-electron chi connectivity index (χ0n) is 20.3. The monoisotopic (exact) mass is 553 g/mol. The fourth-order valence-corrected chi connectivity index (χ4v) is 5.98. The molecule has 0 aromatic heterocycles. The van der Waals surface area contributed by atoms with Crippen molar-refractivity contribution in [2.24, 2.45) is 5.92 Å². The Hall–Kier alpha value is -2.62. The number of hydrogen-bond donors (Lipinski definition) is 1. The van der Waals surface area contributed by atoms with Gasteiger partial charge in [0.2, 0.25) is 11.8 Å². The summed E-state index contributed by atoms with van der Waals surface area (Å²) in [5.74, 6) is -1.10. The summed E-state index contributed by atoms with van der Waals surface area (Å²) < 4.78 is 26.3. The first kappa shape index (κ1) is 28.0. The molecule has 11 heteroatoms. The predicted octanol–water partition coefficient (Wildman–Crippen LogP) is 4.11. The van der Waals surface area contributed by atoms with Gasteiger partial charge in [0.25, 0.3) is 15.9 Å². The average molecular weight is 554 g/mol. The Morgan fingerprint density at radius 3 is 2.28 bits per heavy atom. The fraction of sp³-hybridized carbons (Fsp3) is 0.400. The Labute approximate surface area is 221 Å². The third-order valence-electron chi connectivity index (χ3n) is 5.91. The highest BCUT2D eigenvalue weighted by Crippen LogP contribution is 2.30. The Kier molecular flexibility index (Phi) is 9.03. The number of halogens is 2. The zero-order valence-corrected chi connectivity index (χ0v) is 22.7. The molecule has 1 heterocycles. The molecule has 8 nitrogen and oxygen atoms in total. The number of benzene rings is 2. The summed E-state index contributed by atoms with van der Waals surface area (Å²) in [4.78, 5) is 40.1. The molecule has 1 atom stereocenters. The van der Waals surface area contributed by atoms with Crippen molar-refractivity contribution in [2.75, 3.05) is 13.1 Å². The van der Waals surface area contributed by atoms with Gasteiger partial charge in [0.15, 0.2) is 0 Å². The van der Waals surface area contributed by atoms with Gasteiger partial charge in [-0.05, 0) is 43.5 Å². The minimum Gasteiger partial charge on any atom is -0.354 e. The van der Waals surface area contributed by atoms with E-state index in [0.717, 1.165) is 4.31 Å². The Bertz CT molecular complexity index is 1250. The van der Waals surface area contributed by atoms with Gasteiger partial charge in [-0.15, -0.1) is 0 Å². The van der Waals surface area contributed by atoms with Crippen LogP contribution in [-0.2, 0) is 26.2 Å². The van der Waals surface area contributed by atoms with Crippen molar-refractivity contribution in [2.45, 2.75) is 51.1 Å². The maximum absolute atomic E-state index is 13.3. The minimum absolute atomic E-state index is 0.00000996. The van der Waals surface area contributed by atoms with Crippen molar-refractivity contribution in [3.8, 4) is 0 Å². The van der Waals surface area contributed by atoms with Gasteiger partial charge in [-0.2, -0.15) is 0 Å². The van der Waals surface area contributed by atoms with Gasteiger partial charge < -0.3 is 10.2 Å². The quantitative estimate of drug-likeness (QED) is 0.476. The van der Waals surface area contributed by atoms with Crippen LogP contribution in [0.2, 0.25) is 10.0 Å². The van der Waals surface area contributed by atoms with E-state index in [1.54, 1.807) is 37.3 Å². The predicted molar refractivity (Wildman–Crippen MR) is 138 cm³/mol. The highest BCUT2D eigenvalue weighted by Gasteiger charge is 2.40. The van der Waals surface area contributed by atoms with Crippen molar-refractivity contribution in [1.29, 1.82) is 0 Å². The molecular formula is C25H29Cl2N3O5S. The molecule has 36 heavy (non-hydrogen) atoms. The van der Waals surface area contributed by atoms with E-state index < -0.39 is 22.0 Å². The van der Waals surface area contributed by atoms with Gasteiger partial charge in [-0.3, -0.25) is 14.4 Å². The van der Waals surface area contributed by atoms with Crippen LogP contribution < -0.4 is 5.32 Å². The third-order valence-corrected chi connectivity index (χ3v) is 8.45. The lowest BCUT2D eigenvalue weighted by Gasteiger charge is -2.30. The summed E-state index contributed by atoms with van der Waals surface area (Å²) in [5.41, 5.74) is 0.625. The molecule has 194 valence electrons. The van der Waals surface area contributed by atoms with E-state index in [1.165, 1.54) is 17.0 Å². The van der Waals surface area contributed by atoms with Crippen molar-refractivity contribution < 1.29 is 22.8 Å². The molecule has 2 aromatic rings. The number of amides is 3. The molecule has 3 amide bonds.